The molecule has 0 radical (unpaired) electrons. The van der Waals surface area contributed by atoms with Crippen molar-refractivity contribution >= 4 is 5.91 Å². The number of nitrogens with one attached hydrogen (secondary N) is 1. The minimum absolute atomic E-state index is 0.00579. The molecule has 1 unspecified atom stereocenters. The molecule has 1 aromatic heterocycles. The molecule has 19 heavy (non-hydrogen) atoms. The second-order valence-corrected chi connectivity index (χ2v) is 4.81. The van der Waals surface area contributed by atoms with Gasteiger partial charge in [0.15, 0.2) is 0 Å². The van der Waals surface area contributed by atoms with E-state index in [0.29, 0.717) is 0 Å². The molecule has 0 fully saturated rings. The van der Waals surface area contributed by atoms with Gasteiger partial charge in [-0.1, -0.05) is 12.1 Å². The van der Waals surface area contributed by atoms with Crippen molar-refractivity contribution in [2.75, 3.05) is 6.54 Å². The summed E-state index contributed by atoms with van der Waals surface area (Å²) in [6.45, 7) is 0.733. The van der Waals surface area contributed by atoms with E-state index in [1.807, 2.05) is 24.3 Å². The molecule has 1 aliphatic rings. The highest BCUT2D eigenvalue weighted by Crippen LogP contribution is 2.24. The number of rotatable bonds is 2. The van der Waals surface area contributed by atoms with Gasteiger partial charge in [-0.2, -0.15) is 0 Å². The van der Waals surface area contributed by atoms with Crippen molar-refractivity contribution in [3.63, 3.8) is 0 Å². The highest BCUT2D eigenvalue weighted by Gasteiger charge is 2.18. The lowest BCUT2D eigenvalue weighted by atomic mass is 9.95. The van der Waals surface area contributed by atoms with Gasteiger partial charge >= 0.3 is 0 Å². The summed E-state index contributed by atoms with van der Waals surface area (Å²) in [5.41, 5.74) is 9.87. The Kier molecular flexibility index (Phi) is 3.09. The van der Waals surface area contributed by atoms with E-state index >= 15 is 0 Å². The number of carbonyl (C=O) groups is 1. The lowest BCUT2D eigenvalue weighted by Gasteiger charge is -2.13. The number of benzene rings is 1. The Bertz CT molecular complexity index is 590. The number of amides is 1. The van der Waals surface area contributed by atoms with Crippen LogP contribution in [0.2, 0.25) is 0 Å². The highest BCUT2D eigenvalue weighted by molar-refractivity contribution is 5.96. The van der Waals surface area contributed by atoms with Crippen molar-refractivity contribution < 1.29 is 9.21 Å². The van der Waals surface area contributed by atoms with Gasteiger partial charge in [-0.25, -0.2) is 0 Å². The Balaban J connectivity index is 1.98. The zero-order chi connectivity index (χ0) is 13.2. The summed E-state index contributed by atoms with van der Waals surface area (Å²) in [5, 5.41) is 2.90. The second kappa shape index (κ2) is 4.90. The number of furan rings is 1. The van der Waals surface area contributed by atoms with E-state index in [-0.39, 0.29) is 11.9 Å². The zero-order valence-electron chi connectivity index (χ0n) is 10.6. The molecule has 0 saturated carbocycles. The number of carbonyl (C=O) groups excluding carboxylic acids is 1. The number of hydrogen-bond acceptors (Lipinski definition) is 3. The first-order valence-corrected chi connectivity index (χ1v) is 6.44. The van der Waals surface area contributed by atoms with Gasteiger partial charge in [-0.15, -0.1) is 0 Å². The molecule has 0 bridgehead atoms. The fourth-order valence-electron chi connectivity index (χ4n) is 2.44. The van der Waals surface area contributed by atoms with Crippen molar-refractivity contribution in [2.24, 2.45) is 5.73 Å². The van der Waals surface area contributed by atoms with Crippen LogP contribution < -0.4 is 11.1 Å². The molecule has 2 aromatic rings. The zero-order valence-corrected chi connectivity index (χ0v) is 10.6. The van der Waals surface area contributed by atoms with E-state index in [2.05, 4.69) is 5.32 Å². The van der Waals surface area contributed by atoms with E-state index in [0.717, 1.165) is 41.6 Å². The van der Waals surface area contributed by atoms with Crippen LogP contribution in [0, 0.1) is 0 Å². The summed E-state index contributed by atoms with van der Waals surface area (Å²) in [5.74, 6) is -0.00579. The van der Waals surface area contributed by atoms with Gasteiger partial charge < -0.3 is 15.5 Å². The summed E-state index contributed by atoms with van der Waals surface area (Å²) < 4.78 is 5.05. The number of aryl methyl sites for hydroxylation is 1. The Morgan fingerprint density at radius 2 is 2.16 bits per heavy atom. The third kappa shape index (κ3) is 2.27. The average Bonchev–Trinajstić information content (AvgIpc) is 2.90. The Morgan fingerprint density at radius 3 is 2.95 bits per heavy atom. The van der Waals surface area contributed by atoms with E-state index in [1.165, 1.54) is 0 Å². The predicted octanol–water partition coefficient (Wildman–Crippen LogP) is 2.00. The standard InChI is InChI=1S/C15H16N2O2/c16-14(12-5-7-19-9-12)11-4-3-10-2-1-6-17-15(18)13(10)8-11/h3-5,7-9,14H,1-2,6,16H2,(H,17,18). The van der Waals surface area contributed by atoms with Crippen LogP contribution in [-0.4, -0.2) is 12.5 Å². The normalized spacial score (nSPS) is 16.4. The molecule has 4 heteroatoms. The average molecular weight is 256 g/mol. The first kappa shape index (κ1) is 12.0. The van der Waals surface area contributed by atoms with Crippen molar-refractivity contribution in [1.29, 1.82) is 0 Å². The molecule has 1 aromatic carbocycles. The highest BCUT2D eigenvalue weighted by atomic mass is 16.3. The van der Waals surface area contributed by atoms with Gasteiger partial charge in [0.05, 0.1) is 18.6 Å². The van der Waals surface area contributed by atoms with Gasteiger partial charge in [0.2, 0.25) is 0 Å². The molecule has 0 aliphatic carbocycles. The van der Waals surface area contributed by atoms with Crippen molar-refractivity contribution in [3.8, 4) is 0 Å². The molecule has 3 N–H and O–H groups in total. The molecule has 98 valence electrons. The molecule has 0 spiro atoms. The van der Waals surface area contributed by atoms with Crippen LogP contribution in [0.15, 0.2) is 41.2 Å². The number of fused-ring (bicyclic) bond motifs is 1. The topological polar surface area (TPSA) is 68.3 Å². The fourth-order valence-corrected chi connectivity index (χ4v) is 2.44. The Morgan fingerprint density at radius 1 is 1.26 bits per heavy atom. The van der Waals surface area contributed by atoms with Gasteiger partial charge in [0.25, 0.3) is 5.91 Å². The SMILES string of the molecule is NC(c1ccoc1)c1ccc2c(c1)C(=O)NCCC2. The van der Waals surface area contributed by atoms with E-state index < -0.39 is 0 Å². The van der Waals surface area contributed by atoms with Gasteiger partial charge in [-0.3, -0.25) is 4.79 Å². The molecular formula is C15H16N2O2. The van der Waals surface area contributed by atoms with Crippen molar-refractivity contribution in [2.45, 2.75) is 18.9 Å². The quantitative estimate of drug-likeness (QED) is 0.863. The monoisotopic (exact) mass is 256 g/mol. The molecule has 0 saturated heterocycles. The maximum Gasteiger partial charge on any atom is 0.251 e. The molecule has 4 nitrogen and oxygen atoms in total. The minimum Gasteiger partial charge on any atom is -0.472 e. The molecule has 1 aliphatic heterocycles. The van der Waals surface area contributed by atoms with Crippen LogP contribution in [0.3, 0.4) is 0 Å². The summed E-state index contributed by atoms with van der Waals surface area (Å²) in [7, 11) is 0. The van der Waals surface area contributed by atoms with Crippen LogP contribution in [0.4, 0.5) is 0 Å². The molecule has 1 atom stereocenters. The smallest absolute Gasteiger partial charge is 0.251 e. The van der Waals surface area contributed by atoms with Crippen molar-refractivity contribution in [3.05, 3.63) is 59.0 Å². The maximum absolute atomic E-state index is 12.0. The summed E-state index contributed by atoms with van der Waals surface area (Å²) in [6, 6.07) is 7.48. The van der Waals surface area contributed by atoms with Crippen LogP contribution >= 0.6 is 0 Å². The van der Waals surface area contributed by atoms with Crippen LogP contribution in [0.25, 0.3) is 0 Å². The molecule has 1 amide bonds. The third-order valence-corrected chi connectivity index (χ3v) is 3.55. The first-order chi connectivity index (χ1) is 9.25. The number of nitrogens with two attached hydrogens (primary N) is 1. The largest absolute Gasteiger partial charge is 0.472 e. The molecule has 3 rings (SSSR count). The lowest BCUT2D eigenvalue weighted by Crippen LogP contribution is -2.23. The van der Waals surface area contributed by atoms with E-state index in [1.54, 1.807) is 12.5 Å². The van der Waals surface area contributed by atoms with Crippen LogP contribution in [0.5, 0.6) is 0 Å². The number of hydrogen-bond donors (Lipinski definition) is 2. The third-order valence-electron chi connectivity index (χ3n) is 3.55. The van der Waals surface area contributed by atoms with E-state index in [9.17, 15) is 4.79 Å². The summed E-state index contributed by atoms with van der Waals surface area (Å²) >= 11 is 0. The van der Waals surface area contributed by atoms with Crippen LogP contribution in [-0.2, 0) is 6.42 Å². The minimum atomic E-state index is -0.264. The Labute approximate surface area is 111 Å². The summed E-state index contributed by atoms with van der Waals surface area (Å²) in [4.78, 5) is 12.0. The maximum atomic E-state index is 12.0. The van der Waals surface area contributed by atoms with E-state index in [4.69, 9.17) is 10.2 Å². The molecule has 2 heterocycles. The second-order valence-electron chi connectivity index (χ2n) is 4.81. The summed E-state index contributed by atoms with van der Waals surface area (Å²) in [6.07, 6.45) is 5.14. The predicted molar refractivity (Wildman–Crippen MR) is 71.8 cm³/mol. The van der Waals surface area contributed by atoms with Crippen molar-refractivity contribution in [1.82, 2.24) is 5.32 Å². The lowest BCUT2D eigenvalue weighted by molar-refractivity contribution is 0.0956. The van der Waals surface area contributed by atoms with Gasteiger partial charge in [-0.05, 0) is 36.1 Å². The van der Waals surface area contributed by atoms with Gasteiger partial charge in [0.1, 0.15) is 0 Å². The van der Waals surface area contributed by atoms with Crippen LogP contribution in [0.1, 0.15) is 39.5 Å². The molecular weight excluding hydrogens is 240 g/mol. The first-order valence-electron chi connectivity index (χ1n) is 6.44. The Hall–Kier alpha value is -2.07. The fraction of sp³-hybridized carbons (Fsp3) is 0.267. The van der Waals surface area contributed by atoms with Gasteiger partial charge in [0, 0.05) is 17.7 Å².